The first-order valence-corrected chi connectivity index (χ1v) is 16.1. The van der Waals surface area contributed by atoms with Gasteiger partial charge in [0.2, 0.25) is 5.52 Å². The number of hydrogen-bond acceptors (Lipinski definition) is 8. The molecule has 0 amide bonds. The van der Waals surface area contributed by atoms with E-state index in [1.54, 1.807) is 0 Å². The zero-order valence-electron chi connectivity index (χ0n) is 23.3. The number of hydrogen-bond donors (Lipinski definition) is 0. The molecule has 0 saturated heterocycles. The SMILES string of the molecule is COP(=O)(OC)C(=O)CCCCCCCCCCCCCCCCCCCCC(=O)P(=O)([O-])[O-].[Na+].[Na+]. The van der Waals surface area contributed by atoms with Crippen molar-refractivity contribution in [3.8, 4) is 0 Å². The number of carbonyl (C=O) groups is 2. The second kappa shape index (κ2) is 26.8. The van der Waals surface area contributed by atoms with Gasteiger partial charge in [-0.1, -0.05) is 103 Å². The van der Waals surface area contributed by atoms with Crippen LogP contribution < -0.4 is 68.9 Å². The molecule has 0 unspecified atom stereocenters. The molecule has 0 aliphatic heterocycles. The standard InChI is InChI=1S/C24H48O8P2.2Na/c1-31-34(30,32-2)24(26)22-20-18-16-14-12-10-8-6-4-3-5-7-9-11-13-15-17-19-21-23(25)33(27,28)29;;/h3-22H2,1-2H3,(H2,27,28,29);;/q;2*+1/p-2. The third-order valence-electron chi connectivity index (χ3n) is 6.12. The van der Waals surface area contributed by atoms with Crippen LogP contribution >= 0.6 is 15.2 Å². The van der Waals surface area contributed by atoms with Crippen LogP contribution in [0, 0.1) is 0 Å². The predicted octanol–water partition coefficient (Wildman–Crippen LogP) is 0.249. The van der Waals surface area contributed by atoms with Crippen LogP contribution in [0.2, 0.25) is 0 Å². The van der Waals surface area contributed by atoms with Gasteiger partial charge in [0.1, 0.15) is 0 Å². The summed E-state index contributed by atoms with van der Waals surface area (Å²) in [5.41, 5.74) is -1.58. The van der Waals surface area contributed by atoms with Crippen molar-refractivity contribution in [1.29, 1.82) is 0 Å². The van der Waals surface area contributed by atoms with E-state index in [0.717, 1.165) is 38.5 Å². The summed E-state index contributed by atoms with van der Waals surface area (Å²) in [5.74, 6) is 0. The molecule has 0 aromatic rings. The van der Waals surface area contributed by atoms with Gasteiger partial charge in [0.25, 0.3) is 0 Å². The molecule has 0 radical (unpaired) electrons. The van der Waals surface area contributed by atoms with E-state index < -0.39 is 26.2 Å². The molecule has 0 rings (SSSR count). The van der Waals surface area contributed by atoms with E-state index in [-0.39, 0.29) is 72.0 Å². The molecule has 0 bridgehead atoms. The average Bonchev–Trinajstić information content (AvgIpc) is 2.81. The van der Waals surface area contributed by atoms with Crippen LogP contribution in [0.4, 0.5) is 0 Å². The summed E-state index contributed by atoms with van der Waals surface area (Å²) in [5, 5.41) is 0. The summed E-state index contributed by atoms with van der Waals surface area (Å²) in [6, 6.07) is 0. The molecule has 0 N–H and O–H groups in total. The van der Waals surface area contributed by atoms with E-state index in [0.29, 0.717) is 6.42 Å². The fourth-order valence-corrected chi connectivity index (χ4v) is 5.35. The van der Waals surface area contributed by atoms with Crippen molar-refractivity contribution in [1.82, 2.24) is 0 Å². The second-order valence-electron chi connectivity index (χ2n) is 9.01. The smallest absolute Gasteiger partial charge is 0.805 e. The fourth-order valence-electron chi connectivity index (χ4n) is 3.93. The van der Waals surface area contributed by atoms with Crippen LogP contribution in [0.3, 0.4) is 0 Å². The van der Waals surface area contributed by atoms with Gasteiger partial charge in [-0.3, -0.25) is 14.2 Å². The van der Waals surface area contributed by atoms with Gasteiger partial charge in [-0.25, -0.2) is 0 Å². The molecule has 12 heteroatoms. The molecule has 0 spiro atoms. The molecule has 0 aromatic carbocycles. The van der Waals surface area contributed by atoms with E-state index >= 15 is 0 Å². The van der Waals surface area contributed by atoms with Crippen molar-refractivity contribution in [3.05, 3.63) is 0 Å². The maximum absolute atomic E-state index is 11.9. The van der Waals surface area contributed by atoms with Gasteiger partial charge >= 0.3 is 66.7 Å². The summed E-state index contributed by atoms with van der Waals surface area (Å²) < 4.78 is 31.8. The van der Waals surface area contributed by atoms with Crippen LogP contribution in [-0.2, 0) is 27.8 Å². The van der Waals surface area contributed by atoms with Crippen LogP contribution in [0.15, 0.2) is 0 Å². The minimum absolute atomic E-state index is 0. The fraction of sp³-hybridized carbons (Fsp3) is 0.917. The van der Waals surface area contributed by atoms with Gasteiger partial charge in [0.05, 0.1) is 0 Å². The van der Waals surface area contributed by atoms with Gasteiger partial charge in [-0.2, -0.15) is 0 Å². The quantitative estimate of drug-likeness (QED) is 0.0867. The van der Waals surface area contributed by atoms with E-state index in [1.165, 1.54) is 84.8 Å². The maximum atomic E-state index is 11.9. The van der Waals surface area contributed by atoms with Gasteiger partial charge < -0.3 is 23.4 Å². The van der Waals surface area contributed by atoms with Gasteiger partial charge in [0, 0.05) is 34.7 Å². The zero-order valence-corrected chi connectivity index (χ0v) is 29.1. The van der Waals surface area contributed by atoms with E-state index in [1.807, 2.05) is 0 Å². The Hall–Kier alpha value is 1.64. The summed E-state index contributed by atoms with van der Waals surface area (Å²) in [6.45, 7) is 0. The third-order valence-corrected chi connectivity index (χ3v) is 8.75. The largest absolute Gasteiger partial charge is 1.00 e. The van der Waals surface area contributed by atoms with Gasteiger partial charge in [-0.05, 0) is 12.8 Å². The Bertz CT molecular complexity index is 636. The molecule has 0 aliphatic rings. The van der Waals surface area contributed by atoms with Crippen molar-refractivity contribution < 1.29 is 96.7 Å². The molecule has 36 heavy (non-hydrogen) atoms. The summed E-state index contributed by atoms with van der Waals surface area (Å²) in [7, 11) is -6.09. The average molecular weight is 571 g/mol. The van der Waals surface area contributed by atoms with Crippen molar-refractivity contribution in [2.75, 3.05) is 14.2 Å². The summed E-state index contributed by atoms with van der Waals surface area (Å²) in [6.07, 6.45) is 20.0. The molecule has 0 fully saturated rings. The zero-order chi connectivity index (χ0) is 25.7. The topological polar surface area (TPSA) is 133 Å². The molecule has 0 saturated carbocycles. The Balaban J connectivity index is -0.00000544. The van der Waals surface area contributed by atoms with Crippen LogP contribution in [0.25, 0.3) is 0 Å². The molecule has 202 valence electrons. The Kier molecular flexibility index (Phi) is 31.4. The van der Waals surface area contributed by atoms with Crippen LogP contribution in [0.5, 0.6) is 0 Å². The minimum atomic E-state index is -5.02. The molecule has 0 heterocycles. The van der Waals surface area contributed by atoms with E-state index in [4.69, 9.17) is 9.05 Å². The van der Waals surface area contributed by atoms with Crippen LogP contribution in [-0.4, -0.2) is 25.3 Å². The molecule has 0 aliphatic carbocycles. The first-order chi connectivity index (χ1) is 16.2. The minimum Gasteiger partial charge on any atom is -0.805 e. The van der Waals surface area contributed by atoms with Crippen molar-refractivity contribution in [2.24, 2.45) is 0 Å². The first-order valence-electron chi connectivity index (χ1n) is 13.0. The normalized spacial score (nSPS) is 11.6. The van der Waals surface area contributed by atoms with Crippen LogP contribution in [0.1, 0.15) is 128 Å². The van der Waals surface area contributed by atoms with E-state index in [2.05, 4.69) is 0 Å². The van der Waals surface area contributed by atoms with Gasteiger partial charge in [-0.15, -0.1) is 0 Å². The Labute approximate surface area is 263 Å². The number of rotatable bonds is 25. The van der Waals surface area contributed by atoms with E-state index in [9.17, 15) is 28.5 Å². The molecule has 0 atom stereocenters. The molecular weight excluding hydrogens is 524 g/mol. The summed E-state index contributed by atoms with van der Waals surface area (Å²) >= 11 is 0. The first kappa shape index (κ1) is 42.1. The number of carbonyl (C=O) groups excluding carboxylic acids is 2. The Morgan fingerprint density at radius 1 is 0.500 bits per heavy atom. The van der Waals surface area contributed by atoms with Gasteiger partial charge in [0.15, 0.2) is 5.52 Å². The predicted molar refractivity (Wildman–Crippen MR) is 132 cm³/mol. The van der Waals surface area contributed by atoms with Crippen molar-refractivity contribution in [3.63, 3.8) is 0 Å². The maximum Gasteiger partial charge on any atom is 1.00 e. The summed E-state index contributed by atoms with van der Waals surface area (Å²) in [4.78, 5) is 43.8. The number of unbranched alkanes of at least 4 members (excludes halogenated alkanes) is 17. The molecule has 0 aromatic heterocycles. The van der Waals surface area contributed by atoms with Crippen molar-refractivity contribution in [2.45, 2.75) is 128 Å². The molecular formula is C24H46Na2O8P2. The Morgan fingerprint density at radius 2 is 0.722 bits per heavy atom. The second-order valence-corrected chi connectivity index (χ2v) is 12.7. The third kappa shape index (κ3) is 23.5. The monoisotopic (exact) mass is 570 g/mol. The van der Waals surface area contributed by atoms with Crippen molar-refractivity contribution >= 4 is 26.2 Å². The Morgan fingerprint density at radius 3 is 0.944 bits per heavy atom. The molecule has 8 nitrogen and oxygen atoms in total.